The van der Waals surface area contributed by atoms with Crippen molar-refractivity contribution in [3.05, 3.63) is 58.1 Å². The number of hydrogen-bond donors (Lipinski definition) is 1. The number of carboxylic acid groups (broad SMARTS) is 1. The third-order valence-electron chi connectivity index (χ3n) is 5.09. The molecule has 4 nitrogen and oxygen atoms in total. The number of halogens is 2. The molecule has 1 fully saturated rings. The smallest absolute Gasteiger partial charge is 0.340 e. The Hall–Kier alpha value is -2.30. The third-order valence-corrected chi connectivity index (χ3v) is 5.60. The lowest BCUT2D eigenvalue weighted by Gasteiger charge is -2.26. The molecule has 0 saturated carbocycles. The van der Waals surface area contributed by atoms with E-state index in [1.807, 2.05) is 30.3 Å². The van der Waals surface area contributed by atoms with E-state index < -0.39 is 5.97 Å². The molecule has 1 unspecified atom stereocenters. The molecule has 3 aromatic rings. The number of aromatic carboxylic acids is 1. The summed E-state index contributed by atoms with van der Waals surface area (Å²) in [5, 5.41) is 11.6. The molecule has 2 aromatic carbocycles. The summed E-state index contributed by atoms with van der Waals surface area (Å²) in [5.74, 6) is -0.531. The monoisotopic (exact) mass is 400 g/mol. The highest BCUT2D eigenvalue weighted by Crippen LogP contribution is 2.41. The number of pyridine rings is 1. The molecule has 2 heterocycles. The number of rotatable bonds is 3. The Kier molecular flexibility index (Phi) is 4.70. The molecule has 0 amide bonds. The molecule has 138 valence electrons. The number of fused-ring (bicyclic) bond motifs is 1. The number of nitrogens with zero attached hydrogens (tertiary/aromatic N) is 2. The van der Waals surface area contributed by atoms with E-state index >= 15 is 0 Å². The third kappa shape index (κ3) is 3.13. The Balaban J connectivity index is 2.16. The fourth-order valence-corrected chi connectivity index (χ4v) is 4.38. The van der Waals surface area contributed by atoms with Crippen molar-refractivity contribution in [2.75, 3.05) is 11.4 Å². The second-order valence-electron chi connectivity index (χ2n) is 6.83. The first-order chi connectivity index (χ1) is 13.0. The fourth-order valence-electron chi connectivity index (χ4n) is 3.84. The number of hydrogen-bond acceptors (Lipinski definition) is 3. The summed E-state index contributed by atoms with van der Waals surface area (Å²) in [7, 11) is 0. The van der Waals surface area contributed by atoms with Gasteiger partial charge in [-0.25, -0.2) is 9.78 Å². The van der Waals surface area contributed by atoms with Crippen molar-refractivity contribution in [2.45, 2.75) is 25.8 Å². The van der Waals surface area contributed by atoms with Gasteiger partial charge in [-0.05, 0) is 37.5 Å². The molecule has 1 saturated heterocycles. The highest BCUT2D eigenvalue weighted by Gasteiger charge is 2.30. The van der Waals surface area contributed by atoms with Crippen molar-refractivity contribution in [3.63, 3.8) is 0 Å². The Morgan fingerprint density at radius 2 is 1.96 bits per heavy atom. The molecule has 4 rings (SSSR count). The number of benzene rings is 2. The minimum atomic E-state index is -1.01. The molecule has 27 heavy (non-hydrogen) atoms. The lowest BCUT2D eigenvalue weighted by molar-refractivity contribution is 0.0698. The molecule has 1 N–H and O–H groups in total. The van der Waals surface area contributed by atoms with Crippen molar-refractivity contribution in [2.24, 2.45) is 0 Å². The van der Waals surface area contributed by atoms with E-state index in [9.17, 15) is 9.90 Å². The van der Waals surface area contributed by atoms with E-state index in [1.165, 1.54) is 0 Å². The highest BCUT2D eigenvalue weighted by molar-refractivity contribution is 6.39. The summed E-state index contributed by atoms with van der Waals surface area (Å²) in [6.07, 6.45) is 2.02. The van der Waals surface area contributed by atoms with Crippen LogP contribution in [0.5, 0.6) is 0 Å². The summed E-state index contributed by atoms with van der Waals surface area (Å²) >= 11 is 12.7. The van der Waals surface area contributed by atoms with Crippen molar-refractivity contribution in [1.82, 2.24) is 4.98 Å². The van der Waals surface area contributed by atoms with Gasteiger partial charge in [-0.1, -0.05) is 53.5 Å². The maximum atomic E-state index is 12.4. The minimum absolute atomic E-state index is 0.195. The lowest BCUT2D eigenvalue weighted by atomic mass is 9.95. The van der Waals surface area contributed by atoms with Crippen LogP contribution in [0.1, 0.15) is 30.1 Å². The van der Waals surface area contributed by atoms with E-state index in [1.54, 1.807) is 12.1 Å². The fraction of sp³-hybridized carbons (Fsp3) is 0.238. The average molecular weight is 401 g/mol. The molecule has 1 atom stereocenters. The lowest BCUT2D eigenvalue weighted by Crippen LogP contribution is -2.29. The second-order valence-corrected chi connectivity index (χ2v) is 7.67. The van der Waals surface area contributed by atoms with E-state index in [0.717, 1.165) is 24.9 Å². The first kappa shape index (κ1) is 18.1. The molecule has 1 aromatic heterocycles. The maximum Gasteiger partial charge on any atom is 0.340 e. The van der Waals surface area contributed by atoms with Crippen molar-refractivity contribution >= 4 is 45.9 Å². The minimum Gasteiger partial charge on any atom is -0.478 e. The second kappa shape index (κ2) is 7.02. The zero-order valence-corrected chi connectivity index (χ0v) is 16.3. The van der Waals surface area contributed by atoms with E-state index in [2.05, 4.69) is 11.8 Å². The van der Waals surface area contributed by atoms with Gasteiger partial charge >= 0.3 is 5.97 Å². The Labute approximate surface area is 167 Å². The number of carboxylic acids is 1. The van der Waals surface area contributed by atoms with Crippen molar-refractivity contribution < 1.29 is 9.90 Å². The molecule has 0 bridgehead atoms. The number of anilines is 1. The number of aromatic nitrogens is 1. The van der Waals surface area contributed by atoms with E-state index in [4.69, 9.17) is 28.2 Å². The van der Waals surface area contributed by atoms with Crippen LogP contribution in [0.4, 0.5) is 5.82 Å². The summed E-state index contributed by atoms with van der Waals surface area (Å²) in [6.45, 7) is 2.87. The molecule has 0 radical (unpaired) electrons. The summed E-state index contributed by atoms with van der Waals surface area (Å²) in [5.41, 5.74) is 2.17. The quantitative estimate of drug-likeness (QED) is 0.594. The van der Waals surface area contributed by atoms with Crippen LogP contribution < -0.4 is 4.90 Å². The Morgan fingerprint density at radius 3 is 2.59 bits per heavy atom. The maximum absolute atomic E-state index is 12.4. The largest absolute Gasteiger partial charge is 0.478 e. The normalized spacial score (nSPS) is 16.9. The topological polar surface area (TPSA) is 53.4 Å². The Morgan fingerprint density at radius 1 is 1.22 bits per heavy atom. The molecular weight excluding hydrogens is 383 g/mol. The predicted octanol–water partition coefficient (Wildman–Crippen LogP) is 5.90. The van der Waals surface area contributed by atoms with Gasteiger partial charge in [0.05, 0.1) is 10.5 Å². The summed E-state index contributed by atoms with van der Waals surface area (Å²) in [6, 6.07) is 13.1. The van der Waals surface area contributed by atoms with Gasteiger partial charge in [0, 0.05) is 28.6 Å². The van der Waals surface area contributed by atoms with Gasteiger partial charge < -0.3 is 10.0 Å². The van der Waals surface area contributed by atoms with Gasteiger partial charge in [0.1, 0.15) is 11.4 Å². The van der Waals surface area contributed by atoms with Crippen molar-refractivity contribution in [1.29, 1.82) is 0 Å². The summed E-state index contributed by atoms with van der Waals surface area (Å²) < 4.78 is 0. The predicted molar refractivity (Wildman–Crippen MR) is 110 cm³/mol. The van der Waals surface area contributed by atoms with E-state index in [0.29, 0.717) is 32.3 Å². The molecule has 1 aliphatic rings. The molecule has 0 aliphatic carbocycles. The van der Waals surface area contributed by atoms with Gasteiger partial charge in [-0.3, -0.25) is 0 Å². The van der Waals surface area contributed by atoms with Gasteiger partial charge in [0.25, 0.3) is 0 Å². The highest BCUT2D eigenvalue weighted by atomic mass is 35.5. The van der Waals surface area contributed by atoms with Crippen LogP contribution in [-0.4, -0.2) is 28.6 Å². The summed E-state index contributed by atoms with van der Waals surface area (Å²) in [4.78, 5) is 19.1. The van der Waals surface area contributed by atoms with Gasteiger partial charge in [-0.15, -0.1) is 0 Å². The molecule has 0 spiro atoms. The van der Waals surface area contributed by atoms with Gasteiger partial charge in [0.2, 0.25) is 0 Å². The standard InChI is InChI=1S/C21H18Cl2N2O2/c1-12-6-5-9-25(12)20-18(21(26)27)17(13-7-3-2-4-8-13)15-10-14(22)11-16(23)19(15)24-20/h2-4,7-8,10-12H,5-6,9H2,1H3,(H,26,27). The first-order valence-corrected chi connectivity index (χ1v) is 9.61. The number of carbonyl (C=O) groups is 1. The van der Waals surface area contributed by atoms with Crippen LogP contribution in [-0.2, 0) is 0 Å². The molecule has 1 aliphatic heterocycles. The van der Waals surface area contributed by atoms with Gasteiger partial charge in [-0.2, -0.15) is 0 Å². The van der Waals surface area contributed by atoms with Crippen LogP contribution in [0.2, 0.25) is 10.0 Å². The van der Waals surface area contributed by atoms with Crippen LogP contribution in [0.3, 0.4) is 0 Å². The van der Waals surface area contributed by atoms with E-state index in [-0.39, 0.29) is 11.6 Å². The van der Waals surface area contributed by atoms with Crippen LogP contribution >= 0.6 is 23.2 Å². The zero-order chi connectivity index (χ0) is 19.1. The molecule has 6 heteroatoms. The first-order valence-electron chi connectivity index (χ1n) is 8.85. The van der Waals surface area contributed by atoms with Crippen LogP contribution in [0.25, 0.3) is 22.0 Å². The average Bonchev–Trinajstić information content (AvgIpc) is 3.06. The van der Waals surface area contributed by atoms with Gasteiger partial charge in [0.15, 0.2) is 0 Å². The zero-order valence-electron chi connectivity index (χ0n) is 14.7. The van der Waals surface area contributed by atoms with Crippen molar-refractivity contribution in [3.8, 4) is 11.1 Å². The molecular formula is C21H18Cl2N2O2. The SMILES string of the molecule is CC1CCCN1c1nc2c(Cl)cc(Cl)cc2c(-c2ccccc2)c1C(=O)O. The van der Waals surface area contributed by atoms with Crippen LogP contribution in [0, 0.1) is 0 Å². The van der Waals surface area contributed by atoms with Crippen LogP contribution in [0.15, 0.2) is 42.5 Å². The Bertz CT molecular complexity index is 1040.